The first-order valence-corrected chi connectivity index (χ1v) is 7.27. The van der Waals surface area contributed by atoms with Crippen molar-refractivity contribution >= 4 is 29.9 Å². The monoisotopic (exact) mass is 382 g/mol. The standard InChI is InChI=1S/C14H30N4.HI/c1-12(2)18(13(3)4)11-8-16-14(15-5)17-9-6-7-10-17;/h12-13H,6-11H2,1-5H3,(H,15,16);1H. The van der Waals surface area contributed by atoms with Crippen LogP contribution in [0.2, 0.25) is 0 Å². The molecule has 4 nitrogen and oxygen atoms in total. The van der Waals surface area contributed by atoms with Gasteiger partial charge in [-0.3, -0.25) is 9.89 Å². The van der Waals surface area contributed by atoms with Gasteiger partial charge < -0.3 is 10.2 Å². The van der Waals surface area contributed by atoms with Crippen LogP contribution in [0.15, 0.2) is 4.99 Å². The number of nitrogens with one attached hydrogen (secondary N) is 1. The quantitative estimate of drug-likeness (QED) is 0.450. The summed E-state index contributed by atoms with van der Waals surface area (Å²) < 4.78 is 0. The summed E-state index contributed by atoms with van der Waals surface area (Å²) in [6.45, 7) is 13.4. The zero-order valence-corrected chi connectivity index (χ0v) is 15.5. The number of hydrogen-bond acceptors (Lipinski definition) is 2. The molecule has 0 aliphatic carbocycles. The molecule has 0 aromatic carbocycles. The largest absolute Gasteiger partial charge is 0.355 e. The maximum atomic E-state index is 4.37. The van der Waals surface area contributed by atoms with Crippen LogP contribution in [0.1, 0.15) is 40.5 Å². The number of aliphatic imine (C=N–C) groups is 1. The minimum Gasteiger partial charge on any atom is -0.355 e. The maximum Gasteiger partial charge on any atom is 0.193 e. The summed E-state index contributed by atoms with van der Waals surface area (Å²) in [5.41, 5.74) is 0. The Morgan fingerprint density at radius 3 is 2.11 bits per heavy atom. The summed E-state index contributed by atoms with van der Waals surface area (Å²) in [5, 5.41) is 3.49. The van der Waals surface area contributed by atoms with Crippen LogP contribution in [0.4, 0.5) is 0 Å². The van der Waals surface area contributed by atoms with E-state index in [9.17, 15) is 0 Å². The van der Waals surface area contributed by atoms with Gasteiger partial charge in [0.1, 0.15) is 0 Å². The number of halogens is 1. The van der Waals surface area contributed by atoms with Crippen LogP contribution in [0, 0.1) is 0 Å². The van der Waals surface area contributed by atoms with Crippen molar-refractivity contribution in [3.05, 3.63) is 0 Å². The zero-order chi connectivity index (χ0) is 13.5. The number of rotatable bonds is 5. The number of likely N-dealkylation sites (tertiary alicyclic amines) is 1. The van der Waals surface area contributed by atoms with Crippen molar-refractivity contribution in [1.29, 1.82) is 0 Å². The fourth-order valence-electron chi connectivity index (χ4n) is 2.67. The molecule has 1 saturated heterocycles. The average Bonchev–Trinajstić information content (AvgIpc) is 2.81. The number of guanidine groups is 1. The van der Waals surface area contributed by atoms with Crippen LogP contribution in [-0.4, -0.2) is 61.1 Å². The van der Waals surface area contributed by atoms with E-state index in [0.717, 1.165) is 32.1 Å². The Bertz CT molecular complexity index is 252. The van der Waals surface area contributed by atoms with Crippen molar-refractivity contribution < 1.29 is 0 Å². The number of hydrogen-bond donors (Lipinski definition) is 1. The van der Waals surface area contributed by atoms with Gasteiger partial charge in [-0.15, -0.1) is 24.0 Å². The van der Waals surface area contributed by atoms with E-state index in [4.69, 9.17) is 0 Å². The second kappa shape index (κ2) is 9.80. The maximum absolute atomic E-state index is 4.37. The second-order valence-corrected chi connectivity index (χ2v) is 5.59. The van der Waals surface area contributed by atoms with E-state index in [-0.39, 0.29) is 24.0 Å². The lowest BCUT2D eigenvalue weighted by molar-refractivity contribution is 0.178. The Morgan fingerprint density at radius 1 is 1.16 bits per heavy atom. The minimum atomic E-state index is 0. The highest BCUT2D eigenvalue weighted by atomic mass is 127. The molecule has 0 unspecified atom stereocenters. The van der Waals surface area contributed by atoms with E-state index < -0.39 is 0 Å². The van der Waals surface area contributed by atoms with Crippen LogP contribution in [0.3, 0.4) is 0 Å². The molecule has 0 radical (unpaired) electrons. The normalized spacial score (nSPS) is 16.4. The molecule has 1 rings (SSSR count). The van der Waals surface area contributed by atoms with Crippen LogP contribution < -0.4 is 5.32 Å². The minimum absolute atomic E-state index is 0. The summed E-state index contributed by atoms with van der Waals surface area (Å²) in [6, 6.07) is 1.20. The van der Waals surface area contributed by atoms with Crippen molar-refractivity contribution in [3.8, 4) is 0 Å². The summed E-state index contributed by atoms with van der Waals surface area (Å²) in [7, 11) is 1.88. The molecule has 1 N–H and O–H groups in total. The SMILES string of the molecule is CN=C(NCCN(C(C)C)C(C)C)N1CCCC1.I. The molecule has 5 heteroatoms. The van der Waals surface area contributed by atoms with E-state index in [1.807, 2.05) is 7.05 Å². The first-order valence-electron chi connectivity index (χ1n) is 7.27. The first kappa shape index (κ1) is 19.0. The highest BCUT2D eigenvalue weighted by Gasteiger charge is 2.16. The van der Waals surface area contributed by atoms with Crippen molar-refractivity contribution in [2.45, 2.75) is 52.6 Å². The molecular formula is C14H31IN4. The molecule has 1 aliphatic rings. The van der Waals surface area contributed by atoms with Gasteiger partial charge in [0.05, 0.1) is 0 Å². The summed E-state index contributed by atoms with van der Waals surface area (Å²) in [5.74, 6) is 1.07. The van der Waals surface area contributed by atoms with Gasteiger partial charge in [-0.1, -0.05) is 0 Å². The van der Waals surface area contributed by atoms with E-state index in [2.05, 4.69) is 47.8 Å². The van der Waals surface area contributed by atoms with Gasteiger partial charge in [-0.05, 0) is 40.5 Å². The van der Waals surface area contributed by atoms with E-state index >= 15 is 0 Å². The van der Waals surface area contributed by atoms with Gasteiger partial charge in [-0.2, -0.15) is 0 Å². The van der Waals surface area contributed by atoms with Gasteiger partial charge in [0.15, 0.2) is 5.96 Å². The molecule has 0 aromatic rings. The van der Waals surface area contributed by atoms with E-state index in [1.54, 1.807) is 0 Å². The highest BCUT2D eigenvalue weighted by molar-refractivity contribution is 14.0. The molecule has 1 aliphatic heterocycles. The van der Waals surface area contributed by atoms with Gasteiger partial charge in [0, 0.05) is 45.3 Å². The van der Waals surface area contributed by atoms with Crippen molar-refractivity contribution in [2.24, 2.45) is 4.99 Å². The molecule has 0 saturated carbocycles. The number of nitrogens with zero attached hydrogens (tertiary/aromatic N) is 3. The zero-order valence-electron chi connectivity index (χ0n) is 13.1. The van der Waals surface area contributed by atoms with Crippen LogP contribution in [0.25, 0.3) is 0 Å². The Labute approximate surface area is 136 Å². The molecule has 0 aromatic heterocycles. The predicted octanol–water partition coefficient (Wildman–Crippen LogP) is 2.39. The van der Waals surface area contributed by atoms with Crippen LogP contribution in [0.5, 0.6) is 0 Å². The molecule has 0 bridgehead atoms. The van der Waals surface area contributed by atoms with Crippen molar-refractivity contribution in [2.75, 3.05) is 33.2 Å². The van der Waals surface area contributed by atoms with Gasteiger partial charge in [0.2, 0.25) is 0 Å². The second-order valence-electron chi connectivity index (χ2n) is 5.59. The third kappa shape index (κ3) is 6.29. The van der Waals surface area contributed by atoms with Gasteiger partial charge >= 0.3 is 0 Å². The van der Waals surface area contributed by atoms with Gasteiger partial charge in [-0.25, -0.2) is 0 Å². The Balaban J connectivity index is 0.00000324. The third-order valence-electron chi connectivity index (χ3n) is 3.60. The summed E-state index contributed by atoms with van der Waals surface area (Å²) >= 11 is 0. The molecule has 1 heterocycles. The first-order chi connectivity index (χ1) is 8.56. The van der Waals surface area contributed by atoms with Crippen LogP contribution in [-0.2, 0) is 0 Å². The topological polar surface area (TPSA) is 30.9 Å². The molecule has 0 spiro atoms. The summed E-state index contributed by atoms with van der Waals surface area (Å²) in [4.78, 5) is 9.23. The smallest absolute Gasteiger partial charge is 0.193 e. The van der Waals surface area contributed by atoms with Crippen molar-refractivity contribution in [3.63, 3.8) is 0 Å². The fraction of sp³-hybridized carbons (Fsp3) is 0.929. The summed E-state index contributed by atoms with van der Waals surface area (Å²) in [6.07, 6.45) is 2.59. The Hall–Kier alpha value is -0.0400. The molecule has 1 fully saturated rings. The van der Waals surface area contributed by atoms with E-state index in [0.29, 0.717) is 12.1 Å². The molecule has 19 heavy (non-hydrogen) atoms. The van der Waals surface area contributed by atoms with Crippen LogP contribution >= 0.6 is 24.0 Å². The fourth-order valence-corrected chi connectivity index (χ4v) is 2.67. The lowest BCUT2D eigenvalue weighted by Gasteiger charge is -2.31. The van der Waals surface area contributed by atoms with E-state index in [1.165, 1.54) is 12.8 Å². The Morgan fingerprint density at radius 2 is 1.68 bits per heavy atom. The molecule has 114 valence electrons. The highest BCUT2D eigenvalue weighted by Crippen LogP contribution is 2.07. The average molecular weight is 382 g/mol. The van der Waals surface area contributed by atoms with Crippen molar-refractivity contribution in [1.82, 2.24) is 15.1 Å². The molecule has 0 amide bonds. The lowest BCUT2D eigenvalue weighted by atomic mass is 10.2. The Kier molecular flexibility index (Phi) is 9.78. The van der Waals surface area contributed by atoms with Gasteiger partial charge in [0.25, 0.3) is 0 Å². The molecule has 0 atom stereocenters. The molecular weight excluding hydrogens is 351 g/mol. The lowest BCUT2D eigenvalue weighted by Crippen LogP contribution is -2.46. The third-order valence-corrected chi connectivity index (χ3v) is 3.60. The predicted molar refractivity (Wildman–Crippen MR) is 94.6 cm³/mol.